The Labute approximate surface area is 203 Å². The van der Waals surface area contributed by atoms with E-state index in [0.29, 0.717) is 6.61 Å². The Bertz CT molecular complexity index is 1310. The largest absolute Gasteiger partial charge is 0.495 e. The number of aromatic nitrogens is 2. The number of halogens is 1. The van der Waals surface area contributed by atoms with Crippen molar-refractivity contribution in [2.24, 2.45) is 10.6 Å². The van der Waals surface area contributed by atoms with Crippen LogP contribution in [0.1, 0.15) is 29.3 Å². The van der Waals surface area contributed by atoms with Crippen molar-refractivity contribution in [2.45, 2.75) is 19.4 Å². The van der Waals surface area contributed by atoms with Crippen LogP contribution in [0.5, 0.6) is 5.75 Å². The SMILES string of the molecule is COc1cc(/C=C2\CC3(CNC3)CN3C2=NOCC3c2ccc(F)cc2)ccc1-n1cnc(C)c1. The van der Waals surface area contributed by atoms with Crippen molar-refractivity contribution in [3.63, 3.8) is 0 Å². The third-order valence-corrected chi connectivity index (χ3v) is 7.18. The van der Waals surface area contributed by atoms with Gasteiger partial charge in [-0.15, -0.1) is 0 Å². The molecule has 3 aromatic rings. The molecule has 2 aromatic carbocycles. The molecule has 1 spiro atoms. The highest BCUT2D eigenvalue weighted by atomic mass is 19.1. The zero-order valence-corrected chi connectivity index (χ0v) is 19.9. The number of hydrogen-bond donors (Lipinski definition) is 1. The number of nitrogens with zero attached hydrogens (tertiary/aromatic N) is 4. The lowest BCUT2D eigenvalue weighted by atomic mass is 9.72. The molecule has 4 heterocycles. The van der Waals surface area contributed by atoms with Crippen LogP contribution in [0.25, 0.3) is 11.8 Å². The first kappa shape index (κ1) is 21.9. The van der Waals surface area contributed by atoms with E-state index in [1.807, 2.05) is 42.0 Å². The van der Waals surface area contributed by atoms with E-state index in [1.165, 1.54) is 12.1 Å². The van der Waals surface area contributed by atoms with Gasteiger partial charge in [-0.25, -0.2) is 9.37 Å². The molecule has 1 unspecified atom stereocenters. The first-order valence-electron chi connectivity index (χ1n) is 11.9. The van der Waals surface area contributed by atoms with Crippen molar-refractivity contribution in [1.29, 1.82) is 0 Å². The van der Waals surface area contributed by atoms with Crippen LogP contribution in [0.2, 0.25) is 0 Å². The smallest absolute Gasteiger partial charge is 0.172 e. The fourth-order valence-electron chi connectivity index (χ4n) is 5.33. The Balaban J connectivity index is 1.37. The number of benzene rings is 2. The van der Waals surface area contributed by atoms with Gasteiger partial charge in [-0.3, -0.25) is 0 Å². The Hall–Kier alpha value is -3.65. The predicted octanol–water partition coefficient (Wildman–Crippen LogP) is 4.09. The molecule has 0 amide bonds. The quantitative estimate of drug-likeness (QED) is 0.618. The van der Waals surface area contributed by atoms with Gasteiger partial charge in [0, 0.05) is 31.2 Å². The fourth-order valence-corrected chi connectivity index (χ4v) is 5.33. The van der Waals surface area contributed by atoms with Crippen molar-refractivity contribution < 1.29 is 14.0 Å². The van der Waals surface area contributed by atoms with E-state index in [0.717, 1.165) is 65.7 Å². The van der Waals surface area contributed by atoms with Crippen molar-refractivity contribution in [2.75, 3.05) is 33.4 Å². The summed E-state index contributed by atoms with van der Waals surface area (Å²) in [5.74, 6) is 1.40. The van der Waals surface area contributed by atoms with Crippen LogP contribution in [-0.4, -0.2) is 53.6 Å². The highest BCUT2D eigenvalue weighted by Crippen LogP contribution is 2.43. The lowest BCUT2D eigenvalue weighted by molar-refractivity contribution is 0.0192. The fraction of sp³-hybridized carbons (Fsp3) is 0.333. The minimum atomic E-state index is -0.235. The lowest BCUT2D eigenvalue weighted by Gasteiger charge is -2.53. The Morgan fingerprint density at radius 3 is 2.71 bits per heavy atom. The molecule has 3 aliphatic heterocycles. The molecule has 2 saturated heterocycles. The second-order valence-electron chi connectivity index (χ2n) is 9.71. The molecule has 1 N–H and O–H groups in total. The number of ether oxygens (including phenoxy) is 1. The topological polar surface area (TPSA) is 63.9 Å². The van der Waals surface area contributed by atoms with Gasteiger partial charge < -0.3 is 24.4 Å². The monoisotopic (exact) mass is 473 g/mol. The van der Waals surface area contributed by atoms with Gasteiger partial charge in [-0.2, -0.15) is 0 Å². The number of hydrogen-bond acceptors (Lipinski definition) is 6. The van der Waals surface area contributed by atoms with E-state index in [4.69, 9.17) is 9.57 Å². The number of rotatable bonds is 4. The van der Waals surface area contributed by atoms with Crippen LogP contribution in [0.15, 0.2) is 65.7 Å². The number of nitrogens with one attached hydrogen (secondary N) is 1. The molecule has 2 fully saturated rings. The van der Waals surface area contributed by atoms with Gasteiger partial charge in [0.05, 0.1) is 30.9 Å². The average molecular weight is 474 g/mol. The molecule has 1 aromatic heterocycles. The van der Waals surface area contributed by atoms with Crippen LogP contribution in [0.3, 0.4) is 0 Å². The van der Waals surface area contributed by atoms with E-state index in [-0.39, 0.29) is 17.3 Å². The number of imidazole rings is 1. The normalized spacial score (nSPS) is 21.8. The van der Waals surface area contributed by atoms with E-state index >= 15 is 0 Å². The summed E-state index contributed by atoms with van der Waals surface area (Å²) < 4.78 is 21.3. The molecule has 0 bridgehead atoms. The van der Waals surface area contributed by atoms with Crippen molar-refractivity contribution >= 4 is 11.9 Å². The molecule has 0 aliphatic carbocycles. The second-order valence-corrected chi connectivity index (χ2v) is 9.71. The minimum absolute atomic E-state index is 0.00864. The zero-order chi connectivity index (χ0) is 24.0. The van der Waals surface area contributed by atoms with Gasteiger partial charge in [-0.05, 0) is 60.4 Å². The second kappa shape index (κ2) is 8.53. The Kier molecular flexibility index (Phi) is 5.33. The van der Waals surface area contributed by atoms with Gasteiger partial charge in [0.2, 0.25) is 0 Å². The molecule has 35 heavy (non-hydrogen) atoms. The molecule has 3 aliphatic rings. The third-order valence-electron chi connectivity index (χ3n) is 7.18. The molecular formula is C27H28FN5O2. The number of piperidine rings is 1. The van der Waals surface area contributed by atoms with Crippen molar-refractivity contribution in [3.8, 4) is 11.4 Å². The van der Waals surface area contributed by atoms with Crippen LogP contribution in [0, 0.1) is 18.2 Å². The highest BCUT2D eigenvalue weighted by Gasteiger charge is 2.47. The maximum Gasteiger partial charge on any atom is 0.172 e. The van der Waals surface area contributed by atoms with Gasteiger partial charge in [0.1, 0.15) is 18.2 Å². The molecule has 1 atom stereocenters. The summed E-state index contributed by atoms with van der Waals surface area (Å²) in [6.45, 7) is 5.23. The molecule has 0 saturated carbocycles. The Morgan fingerprint density at radius 1 is 1.20 bits per heavy atom. The summed E-state index contributed by atoms with van der Waals surface area (Å²) in [5, 5.41) is 7.95. The maximum atomic E-state index is 13.6. The summed E-state index contributed by atoms with van der Waals surface area (Å²) >= 11 is 0. The number of fused-ring (bicyclic) bond motifs is 1. The van der Waals surface area contributed by atoms with E-state index in [1.54, 1.807) is 13.4 Å². The van der Waals surface area contributed by atoms with Gasteiger partial charge in [0.25, 0.3) is 0 Å². The van der Waals surface area contributed by atoms with E-state index in [2.05, 4.69) is 32.5 Å². The van der Waals surface area contributed by atoms with Crippen LogP contribution < -0.4 is 10.1 Å². The third kappa shape index (κ3) is 3.97. The minimum Gasteiger partial charge on any atom is -0.495 e. The number of aryl methyl sites for hydroxylation is 1. The molecule has 7 nitrogen and oxygen atoms in total. The molecule has 180 valence electrons. The average Bonchev–Trinajstić information content (AvgIpc) is 3.29. The van der Waals surface area contributed by atoms with Crippen molar-refractivity contribution in [1.82, 2.24) is 19.8 Å². The van der Waals surface area contributed by atoms with E-state index < -0.39 is 0 Å². The standard InChI is InChI=1S/C27H28FN5O2/c1-18-12-32(17-30-18)23-8-3-19(10-25(23)34-2)9-21-11-27(14-29-15-27)16-33-24(13-35-31-26(21)33)20-4-6-22(28)7-5-20/h3-10,12,17,24,29H,11,13-16H2,1-2H3/b21-9+. The predicted molar refractivity (Wildman–Crippen MR) is 132 cm³/mol. The summed E-state index contributed by atoms with van der Waals surface area (Å²) in [4.78, 5) is 12.4. The number of oxime groups is 1. The van der Waals surface area contributed by atoms with Crippen molar-refractivity contribution in [3.05, 3.63) is 83.2 Å². The Morgan fingerprint density at radius 2 is 2.03 bits per heavy atom. The first-order valence-corrected chi connectivity index (χ1v) is 11.9. The summed E-state index contributed by atoms with van der Waals surface area (Å²) in [6.07, 6.45) is 6.87. The summed E-state index contributed by atoms with van der Waals surface area (Å²) in [7, 11) is 1.68. The molecular weight excluding hydrogens is 445 g/mol. The molecule has 8 heteroatoms. The van der Waals surface area contributed by atoms with Crippen LogP contribution in [-0.2, 0) is 4.84 Å². The van der Waals surface area contributed by atoms with Gasteiger partial charge in [-0.1, -0.05) is 23.4 Å². The lowest BCUT2D eigenvalue weighted by Crippen LogP contribution is -2.63. The highest BCUT2D eigenvalue weighted by molar-refractivity contribution is 6.03. The number of methoxy groups -OCH3 is 1. The molecule has 6 rings (SSSR count). The first-order chi connectivity index (χ1) is 17.0. The summed E-state index contributed by atoms with van der Waals surface area (Å²) in [6, 6.07) is 12.9. The van der Waals surface area contributed by atoms with Gasteiger partial charge in [0.15, 0.2) is 5.84 Å². The molecule has 0 radical (unpaired) electrons. The van der Waals surface area contributed by atoms with Crippen LogP contribution in [0.4, 0.5) is 4.39 Å². The van der Waals surface area contributed by atoms with Gasteiger partial charge >= 0.3 is 0 Å². The maximum absolute atomic E-state index is 13.6. The summed E-state index contributed by atoms with van der Waals surface area (Å²) in [5.41, 5.74) is 5.25. The van der Waals surface area contributed by atoms with E-state index in [9.17, 15) is 4.39 Å². The van der Waals surface area contributed by atoms with Crippen LogP contribution >= 0.6 is 0 Å². The zero-order valence-electron chi connectivity index (χ0n) is 19.9. The number of amidine groups is 1.